The Hall–Kier alpha value is -2.73. The molecule has 0 saturated heterocycles. The molecule has 0 spiro atoms. The lowest BCUT2D eigenvalue weighted by Crippen LogP contribution is -2.11. The molecular formula is C18H16ClN3O3. The summed E-state index contributed by atoms with van der Waals surface area (Å²) in [5, 5.41) is 2.82. The lowest BCUT2D eigenvalue weighted by atomic mass is 10.1. The number of benzene rings is 2. The van der Waals surface area contributed by atoms with Gasteiger partial charge in [-0.2, -0.15) is 0 Å². The van der Waals surface area contributed by atoms with Gasteiger partial charge in [0.25, 0.3) is 0 Å². The average molecular weight is 358 g/mol. The van der Waals surface area contributed by atoms with Crippen molar-refractivity contribution in [3.63, 3.8) is 0 Å². The van der Waals surface area contributed by atoms with Gasteiger partial charge in [-0.25, -0.2) is 14.8 Å². The molecule has 6 nitrogen and oxygen atoms in total. The summed E-state index contributed by atoms with van der Waals surface area (Å²) in [5.74, 6) is -0.102. The van der Waals surface area contributed by atoms with E-state index >= 15 is 0 Å². The summed E-state index contributed by atoms with van der Waals surface area (Å²) in [7, 11) is 1.33. The molecule has 128 valence electrons. The van der Waals surface area contributed by atoms with Gasteiger partial charge in [-0.15, -0.1) is 11.6 Å². The highest BCUT2D eigenvalue weighted by Crippen LogP contribution is 2.22. The van der Waals surface area contributed by atoms with Gasteiger partial charge in [0.05, 0.1) is 29.2 Å². The van der Waals surface area contributed by atoms with Crippen molar-refractivity contribution in [2.24, 2.45) is 0 Å². The fourth-order valence-electron chi connectivity index (χ4n) is 2.50. The topological polar surface area (TPSA) is 81.2 Å². The number of aromatic nitrogens is 2. The molecule has 0 atom stereocenters. The number of hydrogen-bond donors (Lipinski definition) is 1. The first-order valence-corrected chi connectivity index (χ1v) is 8.30. The van der Waals surface area contributed by atoms with Crippen LogP contribution < -0.4 is 5.32 Å². The number of rotatable bonds is 5. The Kier molecular flexibility index (Phi) is 5.09. The first-order valence-electron chi connectivity index (χ1n) is 7.77. The van der Waals surface area contributed by atoms with Crippen molar-refractivity contribution >= 4 is 51.2 Å². The number of esters is 1. The second kappa shape index (κ2) is 7.44. The standard InChI is InChI=1S/C18H16ClN3O3/c1-25-18(24)12-4-2-5-14-17(12)22-13-8-7-11(10-15(13)21-14)20-16(23)6-3-9-19/h2,4-5,7-8,10H,3,6,9H2,1H3,(H,20,23). The number of methoxy groups -OCH3 is 1. The molecule has 1 N–H and O–H groups in total. The molecule has 1 heterocycles. The molecule has 0 bridgehead atoms. The molecule has 1 amide bonds. The highest BCUT2D eigenvalue weighted by molar-refractivity contribution is 6.18. The summed E-state index contributed by atoms with van der Waals surface area (Å²) in [6.07, 6.45) is 0.995. The number of alkyl halides is 1. The zero-order valence-electron chi connectivity index (χ0n) is 13.6. The summed E-state index contributed by atoms with van der Waals surface area (Å²) in [4.78, 5) is 32.8. The Labute approximate surface area is 149 Å². The van der Waals surface area contributed by atoms with E-state index in [1.807, 2.05) is 0 Å². The van der Waals surface area contributed by atoms with Crippen LogP contribution in [-0.2, 0) is 9.53 Å². The minimum atomic E-state index is -0.456. The molecule has 25 heavy (non-hydrogen) atoms. The monoisotopic (exact) mass is 357 g/mol. The van der Waals surface area contributed by atoms with Gasteiger partial charge < -0.3 is 10.1 Å². The Morgan fingerprint density at radius 3 is 2.72 bits per heavy atom. The third-order valence-electron chi connectivity index (χ3n) is 3.69. The molecule has 2 aromatic carbocycles. The maximum Gasteiger partial charge on any atom is 0.340 e. The molecule has 0 aliphatic rings. The molecule has 0 aliphatic carbocycles. The molecule has 0 aliphatic heterocycles. The van der Waals surface area contributed by atoms with E-state index in [4.69, 9.17) is 16.3 Å². The second-order valence-electron chi connectivity index (χ2n) is 5.43. The van der Waals surface area contributed by atoms with E-state index in [0.717, 1.165) is 0 Å². The molecular weight excluding hydrogens is 342 g/mol. The largest absolute Gasteiger partial charge is 0.465 e. The van der Waals surface area contributed by atoms with Crippen LogP contribution in [0.4, 0.5) is 5.69 Å². The van der Waals surface area contributed by atoms with E-state index in [9.17, 15) is 9.59 Å². The molecule has 0 radical (unpaired) electrons. The average Bonchev–Trinajstić information content (AvgIpc) is 2.63. The maximum absolute atomic E-state index is 11.9. The number of carbonyl (C=O) groups is 2. The maximum atomic E-state index is 11.9. The summed E-state index contributed by atoms with van der Waals surface area (Å²) >= 11 is 5.60. The predicted molar refractivity (Wildman–Crippen MR) is 97.0 cm³/mol. The number of nitrogens with zero attached hydrogens (tertiary/aromatic N) is 2. The number of halogens is 1. The summed E-state index contributed by atoms with van der Waals surface area (Å²) in [6, 6.07) is 10.4. The van der Waals surface area contributed by atoms with E-state index in [2.05, 4.69) is 15.3 Å². The van der Waals surface area contributed by atoms with Gasteiger partial charge in [0.15, 0.2) is 0 Å². The van der Waals surface area contributed by atoms with Crippen molar-refractivity contribution in [2.75, 3.05) is 18.3 Å². The summed E-state index contributed by atoms with van der Waals surface area (Å²) in [6.45, 7) is 0. The molecule has 0 saturated carbocycles. The molecule has 3 aromatic rings. The van der Waals surface area contributed by atoms with Gasteiger partial charge in [-0.1, -0.05) is 6.07 Å². The SMILES string of the molecule is COC(=O)c1cccc2nc3cc(NC(=O)CCCCl)ccc3nc12. The number of amides is 1. The van der Waals surface area contributed by atoms with E-state index in [-0.39, 0.29) is 5.91 Å². The normalized spacial score (nSPS) is 10.8. The number of carbonyl (C=O) groups excluding carboxylic acids is 2. The quantitative estimate of drug-likeness (QED) is 0.429. The summed E-state index contributed by atoms with van der Waals surface area (Å²) in [5.41, 5.74) is 3.34. The van der Waals surface area contributed by atoms with Crippen molar-refractivity contribution < 1.29 is 14.3 Å². The van der Waals surface area contributed by atoms with Crippen LogP contribution in [0, 0.1) is 0 Å². The molecule has 0 fully saturated rings. The molecule has 7 heteroatoms. The van der Waals surface area contributed by atoms with Gasteiger partial charge in [0, 0.05) is 18.0 Å². The van der Waals surface area contributed by atoms with Crippen LogP contribution in [0.5, 0.6) is 0 Å². The predicted octanol–water partition coefficient (Wildman–Crippen LogP) is 3.53. The van der Waals surface area contributed by atoms with Crippen LogP contribution in [0.2, 0.25) is 0 Å². The van der Waals surface area contributed by atoms with Crippen molar-refractivity contribution in [3.8, 4) is 0 Å². The lowest BCUT2D eigenvalue weighted by molar-refractivity contribution is -0.116. The van der Waals surface area contributed by atoms with Crippen LogP contribution in [-0.4, -0.2) is 34.8 Å². The number of para-hydroxylation sites is 1. The van der Waals surface area contributed by atoms with Gasteiger partial charge in [0.1, 0.15) is 5.52 Å². The minimum Gasteiger partial charge on any atom is -0.465 e. The fourth-order valence-corrected chi connectivity index (χ4v) is 2.63. The van der Waals surface area contributed by atoms with Crippen molar-refractivity contribution in [1.82, 2.24) is 9.97 Å². The third kappa shape index (κ3) is 3.69. The van der Waals surface area contributed by atoms with E-state index in [0.29, 0.717) is 52.0 Å². The first-order chi connectivity index (χ1) is 12.1. The summed E-state index contributed by atoms with van der Waals surface area (Å²) < 4.78 is 4.79. The number of hydrogen-bond acceptors (Lipinski definition) is 5. The van der Waals surface area contributed by atoms with Crippen LogP contribution in [0.25, 0.3) is 22.1 Å². The Morgan fingerprint density at radius 1 is 1.12 bits per heavy atom. The number of fused-ring (bicyclic) bond motifs is 2. The second-order valence-corrected chi connectivity index (χ2v) is 5.81. The van der Waals surface area contributed by atoms with Crippen LogP contribution in [0.15, 0.2) is 36.4 Å². The van der Waals surface area contributed by atoms with Crippen molar-refractivity contribution in [1.29, 1.82) is 0 Å². The van der Waals surface area contributed by atoms with Crippen molar-refractivity contribution in [3.05, 3.63) is 42.0 Å². The van der Waals surface area contributed by atoms with Gasteiger partial charge in [-0.05, 0) is 36.8 Å². The number of anilines is 1. The lowest BCUT2D eigenvalue weighted by Gasteiger charge is -2.08. The van der Waals surface area contributed by atoms with Crippen LogP contribution in [0.3, 0.4) is 0 Å². The molecule has 1 aromatic heterocycles. The highest BCUT2D eigenvalue weighted by atomic mass is 35.5. The van der Waals surface area contributed by atoms with Gasteiger partial charge in [-0.3, -0.25) is 4.79 Å². The van der Waals surface area contributed by atoms with Crippen molar-refractivity contribution in [2.45, 2.75) is 12.8 Å². The first kappa shape index (κ1) is 17.1. The Morgan fingerprint density at radius 2 is 1.96 bits per heavy atom. The van der Waals surface area contributed by atoms with Crippen LogP contribution in [0.1, 0.15) is 23.2 Å². The molecule has 3 rings (SSSR count). The Bertz CT molecular complexity index is 959. The van der Waals surface area contributed by atoms with Gasteiger partial charge in [0.2, 0.25) is 5.91 Å². The van der Waals surface area contributed by atoms with E-state index < -0.39 is 5.97 Å². The number of nitrogens with one attached hydrogen (secondary N) is 1. The highest BCUT2D eigenvalue weighted by Gasteiger charge is 2.13. The van der Waals surface area contributed by atoms with E-state index in [1.54, 1.807) is 36.4 Å². The fraction of sp³-hybridized carbons (Fsp3) is 0.222. The van der Waals surface area contributed by atoms with Gasteiger partial charge >= 0.3 is 5.97 Å². The Balaban J connectivity index is 1.99. The third-order valence-corrected chi connectivity index (χ3v) is 3.96. The molecule has 0 unspecified atom stereocenters. The number of ether oxygens (including phenoxy) is 1. The van der Waals surface area contributed by atoms with Crippen LogP contribution >= 0.6 is 11.6 Å². The zero-order valence-corrected chi connectivity index (χ0v) is 14.3. The van der Waals surface area contributed by atoms with E-state index in [1.165, 1.54) is 7.11 Å². The zero-order chi connectivity index (χ0) is 17.8. The minimum absolute atomic E-state index is 0.0956. The smallest absolute Gasteiger partial charge is 0.340 e.